The molecule has 3 amide bonds. The molecule has 2 fully saturated rings. The van der Waals surface area contributed by atoms with Crippen molar-refractivity contribution in [3.05, 3.63) is 24.0 Å². The zero-order valence-electron chi connectivity index (χ0n) is 14.1. The summed E-state index contributed by atoms with van der Waals surface area (Å²) in [5, 5.41) is 5.96. The van der Waals surface area contributed by atoms with E-state index in [1.165, 1.54) is 0 Å². The molecular weight excluding hydrogens is 308 g/mol. The van der Waals surface area contributed by atoms with Crippen LogP contribution in [0.25, 0.3) is 0 Å². The van der Waals surface area contributed by atoms with Crippen LogP contribution in [0, 0.1) is 0 Å². The van der Waals surface area contributed by atoms with Crippen LogP contribution in [0.2, 0.25) is 0 Å². The fourth-order valence-electron chi connectivity index (χ4n) is 3.07. The van der Waals surface area contributed by atoms with Crippen molar-refractivity contribution in [2.75, 3.05) is 13.7 Å². The molecular formula is C17H24N4O3. The number of carbonyl (C=O) groups excluding carboxylic acids is 2. The van der Waals surface area contributed by atoms with Crippen molar-refractivity contribution in [2.45, 2.75) is 50.7 Å². The quantitative estimate of drug-likeness (QED) is 0.858. The second-order valence-electron chi connectivity index (χ2n) is 6.42. The Morgan fingerprint density at radius 2 is 2.17 bits per heavy atom. The van der Waals surface area contributed by atoms with E-state index in [9.17, 15) is 9.59 Å². The first-order valence-electron chi connectivity index (χ1n) is 8.45. The number of urea groups is 1. The molecule has 1 aromatic heterocycles. The highest BCUT2D eigenvalue weighted by atomic mass is 16.5. The molecule has 2 heterocycles. The lowest BCUT2D eigenvalue weighted by Crippen LogP contribution is -2.50. The molecule has 2 aliphatic rings. The molecule has 7 heteroatoms. The molecule has 1 saturated carbocycles. The Hall–Kier alpha value is -2.31. The van der Waals surface area contributed by atoms with Crippen LogP contribution in [-0.4, -0.2) is 47.6 Å². The molecule has 0 unspecified atom stereocenters. The second kappa shape index (κ2) is 7.07. The average Bonchev–Trinajstić information content (AvgIpc) is 3.25. The lowest BCUT2D eigenvalue weighted by atomic mass is 10.1. The third-order valence-electron chi connectivity index (χ3n) is 4.58. The predicted molar refractivity (Wildman–Crippen MR) is 88.6 cm³/mol. The maximum atomic E-state index is 12.6. The summed E-state index contributed by atoms with van der Waals surface area (Å²) < 4.78 is 5.29. The molecule has 1 aromatic rings. The minimum Gasteiger partial charge on any atom is -0.495 e. The van der Waals surface area contributed by atoms with Crippen LogP contribution < -0.4 is 15.4 Å². The first kappa shape index (κ1) is 16.5. The average molecular weight is 332 g/mol. The molecule has 0 spiro atoms. The number of carbonyl (C=O) groups is 2. The van der Waals surface area contributed by atoms with E-state index in [1.807, 2.05) is 13.0 Å². The normalized spacial score (nSPS) is 21.2. The SMILES string of the molecule is COc1cnccc1[C@H](C)NC(=O)N1CCC[C@@H]1C(=O)NC1CC1. The first-order chi connectivity index (χ1) is 11.6. The fourth-order valence-corrected chi connectivity index (χ4v) is 3.07. The molecule has 1 aliphatic carbocycles. The van der Waals surface area contributed by atoms with Crippen molar-refractivity contribution in [3.8, 4) is 5.75 Å². The van der Waals surface area contributed by atoms with Gasteiger partial charge >= 0.3 is 6.03 Å². The highest BCUT2D eigenvalue weighted by Gasteiger charge is 2.36. The van der Waals surface area contributed by atoms with E-state index >= 15 is 0 Å². The van der Waals surface area contributed by atoms with Crippen molar-refractivity contribution in [1.29, 1.82) is 0 Å². The molecule has 24 heavy (non-hydrogen) atoms. The number of aromatic nitrogens is 1. The summed E-state index contributed by atoms with van der Waals surface area (Å²) in [6.07, 6.45) is 6.96. The van der Waals surface area contributed by atoms with E-state index in [1.54, 1.807) is 24.4 Å². The number of ether oxygens (including phenoxy) is 1. The van der Waals surface area contributed by atoms with Crippen LogP contribution in [-0.2, 0) is 4.79 Å². The van der Waals surface area contributed by atoms with Crippen LogP contribution in [0.3, 0.4) is 0 Å². The Morgan fingerprint density at radius 3 is 2.88 bits per heavy atom. The summed E-state index contributed by atoms with van der Waals surface area (Å²) in [5.41, 5.74) is 0.860. The molecule has 2 N–H and O–H groups in total. The first-order valence-corrected chi connectivity index (χ1v) is 8.45. The van der Waals surface area contributed by atoms with Crippen molar-refractivity contribution in [2.24, 2.45) is 0 Å². The number of pyridine rings is 1. The highest BCUT2D eigenvalue weighted by Crippen LogP contribution is 2.25. The van der Waals surface area contributed by atoms with Crippen molar-refractivity contribution in [3.63, 3.8) is 0 Å². The number of likely N-dealkylation sites (tertiary alicyclic amines) is 1. The number of amides is 3. The number of nitrogens with one attached hydrogen (secondary N) is 2. The van der Waals surface area contributed by atoms with E-state index in [2.05, 4.69) is 15.6 Å². The summed E-state index contributed by atoms with van der Waals surface area (Å²) in [6, 6.07) is 1.32. The number of hydrogen-bond donors (Lipinski definition) is 2. The lowest BCUT2D eigenvalue weighted by Gasteiger charge is -2.26. The van der Waals surface area contributed by atoms with Gasteiger partial charge in [0, 0.05) is 24.3 Å². The van der Waals surface area contributed by atoms with Gasteiger partial charge in [0.25, 0.3) is 0 Å². The summed E-state index contributed by atoms with van der Waals surface area (Å²) in [7, 11) is 1.58. The van der Waals surface area contributed by atoms with Crippen molar-refractivity contribution in [1.82, 2.24) is 20.5 Å². The Bertz CT molecular complexity index is 618. The zero-order chi connectivity index (χ0) is 17.1. The standard InChI is InChI=1S/C17H24N4O3/c1-11(13-7-8-18-10-15(13)24-2)19-17(23)21-9-3-4-14(21)16(22)20-12-5-6-12/h7-8,10-12,14H,3-6,9H2,1-2H3,(H,19,23)(H,20,22)/t11-,14+/m0/s1. The minimum atomic E-state index is -0.364. The van der Waals surface area contributed by atoms with Gasteiger partial charge in [-0.25, -0.2) is 4.79 Å². The molecule has 2 atom stereocenters. The Kier molecular flexibility index (Phi) is 4.87. The van der Waals surface area contributed by atoms with E-state index in [-0.39, 0.29) is 24.0 Å². The molecule has 1 saturated heterocycles. The van der Waals surface area contributed by atoms with E-state index < -0.39 is 0 Å². The zero-order valence-corrected chi connectivity index (χ0v) is 14.1. The van der Waals surface area contributed by atoms with Crippen LogP contribution in [0.5, 0.6) is 5.75 Å². The molecule has 130 valence electrons. The lowest BCUT2D eigenvalue weighted by molar-refractivity contribution is -0.124. The maximum absolute atomic E-state index is 12.6. The predicted octanol–water partition coefficient (Wildman–Crippen LogP) is 1.60. The monoisotopic (exact) mass is 332 g/mol. The van der Waals surface area contributed by atoms with Gasteiger partial charge in [0.15, 0.2) is 0 Å². The summed E-state index contributed by atoms with van der Waals surface area (Å²) in [4.78, 5) is 30.6. The van der Waals surface area contributed by atoms with Gasteiger partial charge in [-0.3, -0.25) is 9.78 Å². The van der Waals surface area contributed by atoms with Crippen LogP contribution >= 0.6 is 0 Å². The van der Waals surface area contributed by atoms with E-state index in [4.69, 9.17) is 4.74 Å². The van der Waals surface area contributed by atoms with E-state index in [0.717, 1.165) is 31.2 Å². The third kappa shape index (κ3) is 3.60. The van der Waals surface area contributed by atoms with E-state index in [0.29, 0.717) is 18.3 Å². The summed E-state index contributed by atoms with van der Waals surface area (Å²) in [5.74, 6) is 0.606. The van der Waals surface area contributed by atoms with Crippen molar-refractivity contribution < 1.29 is 14.3 Å². The number of nitrogens with zero attached hydrogens (tertiary/aromatic N) is 2. The Labute approximate surface area is 141 Å². The molecule has 0 bridgehead atoms. The second-order valence-corrected chi connectivity index (χ2v) is 6.42. The largest absolute Gasteiger partial charge is 0.495 e. The molecule has 3 rings (SSSR count). The molecule has 1 aliphatic heterocycles. The summed E-state index contributed by atoms with van der Waals surface area (Å²) in [6.45, 7) is 2.50. The molecule has 0 radical (unpaired) electrons. The Morgan fingerprint density at radius 1 is 1.38 bits per heavy atom. The maximum Gasteiger partial charge on any atom is 0.318 e. The van der Waals surface area contributed by atoms with Gasteiger partial charge < -0.3 is 20.3 Å². The Balaban J connectivity index is 1.63. The number of hydrogen-bond acceptors (Lipinski definition) is 4. The molecule has 0 aromatic carbocycles. The minimum absolute atomic E-state index is 0.0284. The topological polar surface area (TPSA) is 83.6 Å². The fraction of sp³-hybridized carbons (Fsp3) is 0.588. The van der Waals surface area contributed by atoms with Gasteiger partial charge in [-0.2, -0.15) is 0 Å². The summed E-state index contributed by atoms with van der Waals surface area (Å²) >= 11 is 0. The van der Waals surface area contributed by atoms with Gasteiger partial charge in [-0.1, -0.05) is 0 Å². The third-order valence-corrected chi connectivity index (χ3v) is 4.58. The van der Waals surface area contributed by atoms with Gasteiger partial charge in [-0.15, -0.1) is 0 Å². The van der Waals surface area contributed by atoms with Crippen molar-refractivity contribution >= 4 is 11.9 Å². The van der Waals surface area contributed by atoms with Crippen LogP contribution in [0.4, 0.5) is 4.79 Å². The molecule has 7 nitrogen and oxygen atoms in total. The highest BCUT2D eigenvalue weighted by molar-refractivity contribution is 5.88. The van der Waals surface area contributed by atoms with Gasteiger partial charge in [-0.05, 0) is 38.7 Å². The van der Waals surface area contributed by atoms with Gasteiger partial charge in [0.2, 0.25) is 5.91 Å². The van der Waals surface area contributed by atoms with Crippen LogP contribution in [0.15, 0.2) is 18.5 Å². The van der Waals surface area contributed by atoms with Gasteiger partial charge in [0.1, 0.15) is 11.8 Å². The smallest absolute Gasteiger partial charge is 0.318 e. The number of methoxy groups -OCH3 is 1. The van der Waals surface area contributed by atoms with Gasteiger partial charge in [0.05, 0.1) is 19.3 Å². The number of rotatable bonds is 5. The van der Waals surface area contributed by atoms with Crippen LogP contribution in [0.1, 0.15) is 44.2 Å².